The monoisotopic (exact) mass is 252 g/mol. The molecule has 0 aromatic carbocycles. The van der Waals surface area contributed by atoms with Crippen LogP contribution in [-0.2, 0) is 20.6 Å². The molecule has 1 aromatic rings. The van der Waals surface area contributed by atoms with Crippen LogP contribution in [0.25, 0.3) is 0 Å². The average Bonchev–Trinajstić information content (AvgIpc) is 2.40. The second-order valence-electron chi connectivity index (χ2n) is 4.38. The van der Waals surface area contributed by atoms with Crippen LogP contribution in [0.4, 0.5) is 5.82 Å². The van der Waals surface area contributed by atoms with Crippen LogP contribution in [0.1, 0.15) is 24.0 Å². The van der Waals surface area contributed by atoms with Gasteiger partial charge in [0.15, 0.2) is 0 Å². The molecule has 5 nitrogen and oxygen atoms in total. The molecule has 0 bridgehead atoms. The number of nitrogens with one attached hydrogen (secondary N) is 1. The van der Waals surface area contributed by atoms with E-state index in [-0.39, 0.29) is 0 Å². The van der Waals surface area contributed by atoms with Crippen LogP contribution in [0.15, 0.2) is 12.1 Å². The predicted molar refractivity (Wildman–Crippen MR) is 68.6 cm³/mol. The number of ether oxygens (including phenoxy) is 3. The molecule has 0 radical (unpaired) electrons. The van der Waals surface area contributed by atoms with Gasteiger partial charge in [0.2, 0.25) is 6.29 Å². The molecule has 2 rings (SSSR count). The number of nitrogens with zero attached hydrogens (tertiary/aromatic N) is 1. The van der Waals surface area contributed by atoms with Crippen LogP contribution < -0.4 is 5.32 Å². The van der Waals surface area contributed by atoms with Gasteiger partial charge in [-0.3, -0.25) is 0 Å². The first-order valence-corrected chi connectivity index (χ1v) is 6.09. The fourth-order valence-corrected chi connectivity index (χ4v) is 2.22. The van der Waals surface area contributed by atoms with Crippen molar-refractivity contribution in [1.82, 2.24) is 4.98 Å². The van der Waals surface area contributed by atoms with Crippen molar-refractivity contribution in [2.75, 3.05) is 33.3 Å². The number of methoxy groups -OCH3 is 3. The van der Waals surface area contributed by atoms with Crippen molar-refractivity contribution in [2.24, 2.45) is 0 Å². The van der Waals surface area contributed by atoms with Gasteiger partial charge in [0.25, 0.3) is 0 Å². The molecular weight excluding hydrogens is 232 g/mol. The van der Waals surface area contributed by atoms with Gasteiger partial charge in [-0.15, -0.1) is 0 Å². The Bertz CT molecular complexity index is 394. The lowest BCUT2D eigenvalue weighted by Gasteiger charge is -2.26. The van der Waals surface area contributed by atoms with Gasteiger partial charge in [-0.05, 0) is 24.5 Å². The third-order valence-electron chi connectivity index (χ3n) is 3.14. The van der Waals surface area contributed by atoms with Gasteiger partial charge in [-0.25, -0.2) is 4.98 Å². The van der Waals surface area contributed by atoms with Crippen molar-refractivity contribution in [3.8, 4) is 0 Å². The second kappa shape index (κ2) is 6.13. The maximum absolute atomic E-state index is 5.21. The maximum atomic E-state index is 5.21. The molecule has 1 aliphatic rings. The Morgan fingerprint density at radius 1 is 1.33 bits per heavy atom. The molecule has 1 N–H and O–H groups in total. The Morgan fingerprint density at radius 3 is 2.78 bits per heavy atom. The van der Waals surface area contributed by atoms with Crippen LogP contribution in [0.3, 0.4) is 0 Å². The van der Waals surface area contributed by atoms with Crippen molar-refractivity contribution in [3.05, 3.63) is 23.4 Å². The third-order valence-corrected chi connectivity index (χ3v) is 3.14. The van der Waals surface area contributed by atoms with Crippen LogP contribution in [0.2, 0.25) is 0 Å². The molecule has 0 aliphatic carbocycles. The number of fused-ring (bicyclic) bond motifs is 1. The van der Waals surface area contributed by atoms with Crippen LogP contribution in [0.5, 0.6) is 0 Å². The minimum absolute atomic E-state index is 0.328. The molecule has 0 amide bonds. The first-order chi connectivity index (χ1) is 8.78. The fourth-order valence-electron chi connectivity index (χ4n) is 2.22. The Labute approximate surface area is 107 Å². The zero-order valence-electron chi connectivity index (χ0n) is 11.1. The molecule has 2 heterocycles. The summed E-state index contributed by atoms with van der Waals surface area (Å²) in [6.45, 7) is 0.698. The summed E-state index contributed by atoms with van der Waals surface area (Å²) >= 11 is 0. The molecule has 1 aromatic heterocycles. The van der Waals surface area contributed by atoms with E-state index in [1.54, 1.807) is 21.3 Å². The van der Waals surface area contributed by atoms with Gasteiger partial charge in [0, 0.05) is 21.3 Å². The van der Waals surface area contributed by atoms with Gasteiger partial charge >= 0.3 is 0 Å². The van der Waals surface area contributed by atoms with Crippen LogP contribution >= 0.6 is 0 Å². The van der Waals surface area contributed by atoms with Crippen molar-refractivity contribution < 1.29 is 14.2 Å². The van der Waals surface area contributed by atoms with E-state index >= 15 is 0 Å². The topological polar surface area (TPSA) is 52.6 Å². The number of aromatic nitrogens is 1. The summed E-state index contributed by atoms with van der Waals surface area (Å²) in [5, 5.41) is 3.39. The first kappa shape index (κ1) is 13.3. The SMILES string of the molecule is COC[C@@H]1CCc2ccc(C(OC)OC)nc2N1. The van der Waals surface area contributed by atoms with Gasteiger partial charge in [0.05, 0.1) is 18.3 Å². The Hall–Kier alpha value is -1.17. The normalized spacial score (nSPS) is 18.6. The summed E-state index contributed by atoms with van der Waals surface area (Å²) in [6, 6.07) is 4.36. The molecule has 1 atom stereocenters. The van der Waals surface area contributed by atoms with E-state index in [1.165, 1.54) is 5.56 Å². The molecule has 100 valence electrons. The number of hydrogen-bond donors (Lipinski definition) is 1. The molecule has 0 fully saturated rings. The standard InChI is InChI=1S/C13H20N2O3/c1-16-8-10-6-4-9-5-7-11(13(17-2)18-3)15-12(9)14-10/h5,7,10,13H,4,6,8H2,1-3H3,(H,14,15)/t10-/m0/s1. The molecule has 18 heavy (non-hydrogen) atoms. The third kappa shape index (κ3) is 2.80. The number of hydrogen-bond acceptors (Lipinski definition) is 5. The highest BCUT2D eigenvalue weighted by molar-refractivity contribution is 5.48. The molecule has 0 saturated carbocycles. The van der Waals surface area contributed by atoms with E-state index in [0.717, 1.165) is 24.4 Å². The highest BCUT2D eigenvalue weighted by atomic mass is 16.7. The van der Waals surface area contributed by atoms with E-state index in [0.29, 0.717) is 12.6 Å². The van der Waals surface area contributed by atoms with E-state index < -0.39 is 6.29 Å². The first-order valence-electron chi connectivity index (χ1n) is 6.09. The van der Waals surface area contributed by atoms with Crippen LogP contribution in [-0.4, -0.2) is 39.0 Å². The number of rotatable bonds is 5. The zero-order valence-corrected chi connectivity index (χ0v) is 11.1. The summed E-state index contributed by atoms with van der Waals surface area (Å²) in [5.74, 6) is 0.917. The number of pyridine rings is 1. The Morgan fingerprint density at radius 2 is 2.11 bits per heavy atom. The van der Waals surface area contributed by atoms with E-state index in [1.807, 2.05) is 6.07 Å². The molecule has 0 unspecified atom stereocenters. The highest BCUT2D eigenvalue weighted by Crippen LogP contribution is 2.26. The summed E-state index contributed by atoms with van der Waals surface area (Å²) in [7, 11) is 4.93. The second-order valence-corrected chi connectivity index (χ2v) is 4.38. The van der Waals surface area contributed by atoms with Gasteiger partial charge < -0.3 is 19.5 Å². The van der Waals surface area contributed by atoms with E-state index in [4.69, 9.17) is 14.2 Å². The quantitative estimate of drug-likeness (QED) is 0.809. The fraction of sp³-hybridized carbons (Fsp3) is 0.615. The molecule has 1 aliphatic heterocycles. The predicted octanol–water partition coefficient (Wildman–Crippen LogP) is 1.75. The highest BCUT2D eigenvalue weighted by Gasteiger charge is 2.20. The summed E-state index contributed by atoms with van der Waals surface area (Å²) in [5.41, 5.74) is 2.02. The average molecular weight is 252 g/mol. The lowest BCUT2D eigenvalue weighted by molar-refractivity contribution is -0.108. The summed E-state index contributed by atoms with van der Waals surface area (Å²) in [6.07, 6.45) is 1.67. The minimum atomic E-state index is -0.417. The zero-order chi connectivity index (χ0) is 13.0. The van der Waals surface area contributed by atoms with Gasteiger partial charge in [0.1, 0.15) is 5.82 Å². The minimum Gasteiger partial charge on any atom is -0.383 e. The Balaban J connectivity index is 2.17. The maximum Gasteiger partial charge on any atom is 0.200 e. The van der Waals surface area contributed by atoms with Crippen molar-refractivity contribution in [3.63, 3.8) is 0 Å². The summed E-state index contributed by atoms with van der Waals surface area (Å²) in [4.78, 5) is 4.57. The molecular formula is C13H20N2O3. The van der Waals surface area contributed by atoms with Crippen LogP contribution in [0, 0.1) is 0 Å². The lowest BCUT2D eigenvalue weighted by Crippen LogP contribution is -2.30. The van der Waals surface area contributed by atoms with Crippen molar-refractivity contribution >= 4 is 5.82 Å². The smallest absolute Gasteiger partial charge is 0.200 e. The molecule has 5 heteroatoms. The Kier molecular flexibility index (Phi) is 4.52. The molecule has 0 spiro atoms. The lowest BCUT2D eigenvalue weighted by atomic mass is 10.0. The number of aryl methyl sites for hydroxylation is 1. The summed E-state index contributed by atoms with van der Waals surface area (Å²) < 4.78 is 15.6. The van der Waals surface area contributed by atoms with E-state index in [2.05, 4.69) is 16.4 Å². The largest absolute Gasteiger partial charge is 0.383 e. The number of anilines is 1. The van der Waals surface area contributed by atoms with Gasteiger partial charge in [-0.1, -0.05) is 6.07 Å². The van der Waals surface area contributed by atoms with E-state index in [9.17, 15) is 0 Å². The molecule has 0 saturated heterocycles. The van der Waals surface area contributed by atoms with Crippen molar-refractivity contribution in [2.45, 2.75) is 25.2 Å². The van der Waals surface area contributed by atoms with Crippen molar-refractivity contribution in [1.29, 1.82) is 0 Å². The van der Waals surface area contributed by atoms with Gasteiger partial charge in [-0.2, -0.15) is 0 Å².